The average molecular weight is 488 g/mol. The van der Waals surface area contributed by atoms with Crippen LogP contribution in [0.5, 0.6) is 0 Å². The van der Waals surface area contributed by atoms with Crippen LogP contribution in [-0.2, 0) is 19.1 Å². The molecule has 2 aliphatic heterocycles. The number of carbonyl (C=O) groups excluding carboxylic acids is 3. The van der Waals surface area contributed by atoms with Crippen molar-refractivity contribution in [3.05, 3.63) is 29.6 Å². The van der Waals surface area contributed by atoms with Crippen molar-refractivity contribution in [2.45, 2.75) is 95.7 Å². The minimum atomic E-state index is -0.522. The summed E-state index contributed by atoms with van der Waals surface area (Å²) in [5, 5.41) is 5.36. The lowest BCUT2D eigenvalue weighted by atomic mass is 9.83. The molecule has 0 bridgehead atoms. The Morgan fingerprint density at radius 3 is 2.34 bits per heavy atom. The molecular formula is C27H38FN3O4. The number of hydrogen-bond acceptors (Lipinski definition) is 6. The van der Waals surface area contributed by atoms with Crippen LogP contribution in [0, 0.1) is 11.7 Å². The molecule has 0 aromatic heterocycles. The molecule has 4 rings (SSSR count). The smallest absolute Gasteiger partial charge is 0.309 e. The standard InChI is InChI=1S/C27H38FN3O4/c1-27(2,3)35-26(34)18-4-7-20(8-5-18)31-14-12-17(13-15-31)21-9-6-19(16-22(21)28)29-23-10-11-24(32)30-25(23)33/h6,9,16-18,20,23,29H,4-5,7-8,10-15H2,1-3H3,(H,30,32,33)/t18-,20-,23?. The maximum absolute atomic E-state index is 15.0. The quantitative estimate of drug-likeness (QED) is 0.480. The summed E-state index contributed by atoms with van der Waals surface area (Å²) in [6.07, 6.45) is 6.25. The third kappa shape index (κ3) is 6.60. The Bertz CT molecular complexity index is 944. The van der Waals surface area contributed by atoms with E-state index in [0.29, 0.717) is 18.2 Å². The number of nitrogens with zero attached hydrogens (tertiary/aromatic N) is 1. The molecule has 2 amide bonds. The van der Waals surface area contributed by atoms with E-state index in [0.717, 1.165) is 57.2 Å². The van der Waals surface area contributed by atoms with Gasteiger partial charge in [-0.15, -0.1) is 0 Å². The molecule has 3 fully saturated rings. The molecule has 192 valence electrons. The number of esters is 1. The number of anilines is 1. The van der Waals surface area contributed by atoms with Gasteiger partial charge in [0, 0.05) is 18.2 Å². The molecular weight excluding hydrogens is 449 g/mol. The fourth-order valence-electron chi connectivity index (χ4n) is 5.62. The molecule has 35 heavy (non-hydrogen) atoms. The van der Waals surface area contributed by atoms with Gasteiger partial charge in [0.15, 0.2) is 0 Å². The number of carbonyl (C=O) groups is 3. The van der Waals surface area contributed by atoms with Crippen molar-refractivity contribution < 1.29 is 23.5 Å². The fourth-order valence-corrected chi connectivity index (χ4v) is 5.62. The number of rotatable bonds is 5. The first kappa shape index (κ1) is 25.6. The highest BCUT2D eigenvalue weighted by Crippen LogP contribution is 2.35. The normalized spacial score (nSPS) is 26.8. The Balaban J connectivity index is 1.25. The molecule has 0 radical (unpaired) electrons. The molecule has 8 heteroatoms. The largest absolute Gasteiger partial charge is 0.460 e. The predicted molar refractivity (Wildman–Crippen MR) is 131 cm³/mol. The fraction of sp³-hybridized carbons (Fsp3) is 0.667. The van der Waals surface area contributed by atoms with Gasteiger partial charge >= 0.3 is 5.97 Å². The highest BCUT2D eigenvalue weighted by atomic mass is 19.1. The van der Waals surface area contributed by atoms with E-state index in [-0.39, 0.29) is 41.9 Å². The maximum Gasteiger partial charge on any atom is 0.309 e. The summed E-state index contributed by atoms with van der Waals surface area (Å²) >= 11 is 0. The van der Waals surface area contributed by atoms with Gasteiger partial charge in [-0.25, -0.2) is 4.39 Å². The molecule has 1 aliphatic carbocycles. The summed E-state index contributed by atoms with van der Waals surface area (Å²) in [4.78, 5) is 38.2. The van der Waals surface area contributed by atoms with Gasteiger partial charge in [0.1, 0.15) is 17.5 Å². The van der Waals surface area contributed by atoms with Crippen LogP contribution in [0.15, 0.2) is 18.2 Å². The number of hydrogen-bond donors (Lipinski definition) is 2. The van der Waals surface area contributed by atoms with Crippen molar-refractivity contribution in [1.82, 2.24) is 10.2 Å². The topological polar surface area (TPSA) is 87.7 Å². The molecule has 3 aliphatic rings. The molecule has 1 aromatic carbocycles. The Labute approximate surface area is 207 Å². The number of halogens is 1. The van der Waals surface area contributed by atoms with Gasteiger partial charge in [0.25, 0.3) is 0 Å². The van der Waals surface area contributed by atoms with E-state index >= 15 is 0 Å². The third-order valence-corrected chi connectivity index (χ3v) is 7.50. The van der Waals surface area contributed by atoms with E-state index in [1.165, 1.54) is 6.07 Å². The van der Waals surface area contributed by atoms with Crippen LogP contribution in [0.25, 0.3) is 0 Å². The summed E-state index contributed by atoms with van der Waals surface area (Å²) in [5.41, 5.74) is 0.844. The lowest BCUT2D eigenvalue weighted by Crippen LogP contribution is -2.47. The van der Waals surface area contributed by atoms with E-state index in [1.54, 1.807) is 0 Å². The average Bonchev–Trinajstić information content (AvgIpc) is 2.80. The number of ether oxygens (including phenoxy) is 1. The second-order valence-electron chi connectivity index (χ2n) is 11.2. The van der Waals surface area contributed by atoms with Crippen LogP contribution in [0.4, 0.5) is 10.1 Å². The van der Waals surface area contributed by atoms with E-state index in [4.69, 9.17) is 4.74 Å². The Morgan fingerprint density at radius 1 is 1.06 bits per heavy atom. The molecule has 1 aromatic rings. The molecule has 1 saturated carbocycles. The summed E-state index contributed by atoms with van der Waals surface area (Å²) in [7, 11) is 0. The van der Waals surface area contributed by atoms with E-state index in [9.17, 15) is 18.8 Å². The second kappa shape index (κ2) is 10.6. The van der Waals surface area contributed by atoms with Crippen LogP contribution < -0.4 is 10.6 Å². The monoisotopic (exact) mass is 487 g/mol. The summed E-state index contributed by atoms with van der Waals surface area (Å²) < 4.78 is 20.6. The minimum absolute atomic E-state index is 0.00408. The maximum atomic E-state index is 15.0. The number of benzene rings is 1. The first-order chi connectivity index (χ1) is 16.6. The van der Waals surface area contributed by atoms with Crippen molar-refractivity contribution in [3.8, 4) is 0 Å². The van der Waals surface area contributed by atoms with E-state index in [1.807, 2.05) is 32.9 Å². The van der Waals surface area contributed by atoms with Gasteiger partial charge in [-0.1, -0.05) is 6.07 Å². The van der Waals surface area contributed by atoms with Crippen molar-refractivity contribution in [2.24, 2.45) is 5.92 Å². The second-order valence-corrected chi connectivity index (χ2v) is 11.2. The first-order valence-electron chi connectivity index (χ1n) is 13.0. The summed E-state index contributed by atoms with van der Waals surface area (Å²) in [6.45, 7) is 7.59. The number of nitrogens with one attached hydrogen (secondary N) is 2. The van der Waals surface area contributed by atoms with Crippen LogP contribution in [0.2, 0.25) is 0 Å². The number of amides is 2. The van der Waals surface area contributed by atoms with Crippen LogP contribution in [0.1, 0.15) is 83.6 Å². The lowest BCUT2D eigenvalue weighted by molar-refractivity contribution is -0.161. The zero-order valence-electron chi connectivity index (χ0n) is 21.1. The Kier molecular flexibility index (Phi) is 7.79. The molecule has 1 unspecified atom stereocenters. The predicted octanol–water partition coefficient (Wildman–Crippen LogP) is 4.12. The number of piperidine rings is 2. The van der Waals surface area contributed by atoms with Crippen molar-refractivity contribution >= 4 is 23.5 Å². The first-order valence-corrected chi connectivity index (χ1v) is 13.0. The third-order valence-electron chi connectivity index (χ3n) is 7.50. The van der Waals surface area contributed by atoms with Gasteiger partial charge < -0.3 is 15.0 Å². The molecule has 1 atom stereocenters. The minimum Gasteiger partial charge on any atom is -0.460 e. The van der Waals surface area contributed by atoms with Crippen LogP contribution in [-0.4, -0.2) is 53.5 Å². The zero-order chi connectivity index (χ0) is 25.2. The van der Waals surface area contributed by atoms with Crippen LogP contribution >= 0.6 is 0 Å². The highest BCUT2D eigenvalue weighted by Gasteiger charge is 2.34. The zero-order valence-corrected chi connectivity index (χ0v) is 21.1. The van der Waals surface area contributed by atoms with E-state index in [2.05, 4.69) is 15.5 Å². The van der Waals surface area contributed by atoms with Gasteiger partial charge in [0.2, 0.25) is 11.8 Å². The summed E-state index contributed by atoms with van der Waals surface area (Å²) in [5.74, 6) is -0.770. The molecule has 2 heterocycles. The van der Waals surface area contributed by atoms with Crippen molar-refractivity contribution in [1.29, 1.82) is 0 Å². The molecule has 2 saturated heterocycles. The molecule has 2 N–H and O–H groups in total. The van der Waals surface area contributed by atoms with Gasteiger partial charge in [-0.05, 0) is 102 Å². The van der Waals surface area contributed by atoms with Crippen LogP contribution in [0.3, 0.4) is 0 Å². The molecule has 7 nitrogen and oxygen atoms in total. The van der Waals surface area contributed by atoms with Gasteiger partial charge in [0.05, 0.1) is 5.92 Å². The lowest BCUT2D eigenvalue weighted by Gasteiger charge is -2.41. The van der Waals surface area contributed by atoms with Crippen molar-refractivity contribution in [3.63, 3.8) is 0 Å². The van der Waals surface area contributed by atoms with E-state index < -0.39 is 11.6 Å². The Morgan fingerprint density at radius 2 is 1.74 bits per heavy atom. The Hall–Kier alpha value is -2.48. The highest BCUT2D eigenvalue weighted by molar-refractivity contribution is 6.01. The number of likely N-dealkylation sites (tertiary alicyclic amines) is 1. The van der Waals surface area contributed by atoms with Gasteiger partial charge in [-0.2, -0.15) is 0 Å². The molecule has 0 spiro atoms. The van der Waals surface area contributed by atoms with Crippen molar-refractivity contribution in [2.75, 3.05) is 18.4 Å². The van der Waals surface area contributed by atoms with Gasteiger partial charge in [-0.3, -0.25) is 19.7 Å². The SMILES string of the molecule is CC(C)(C)OC(=O)[C@H]1CC[C@H](N2CCC(c3ccc(NC4CCC(=O)NC4=O)cc3F)CC2)CC1. The summed E-state index contributed by atoms with van der Waals surface area (Å²) in [6, 6.07) is 5.08. The number of imide groups is 1.